The third kappa shape index (κ3) is 3.82. The van der Waals surface area contributed by atoms with E-state index in [-0.39, 0.29) is 11.6 Å². The van der Waals surface area contributed by atoms with E-state index in [1.807, 2.05) is 49.1 Å². The molecule has 32 heavy (non-hydrogen) atoms. The SMILES string of the molecule is Cc1cc(C)n(-c2ccc(Cl)c(C(=O)N3CCCN(c4nc5ccccc5[nH]4)CC3)n2)n1. The summed E-state index contributed by atoms with van der Waals surface area (Å²) in [7, 11) is 0. The molecular weight excluding hydrogens is 426 g/mol. The molecule has 0 saturated carbocycles. The molecule has 4 aromatic rings. The molecule has 164 valence electrons. The summed E-state index contributed by atoms with van der Waals surface area (Å²) in [6.07, 6.45) is 0.831. The van der Waals surface area contributed by atoms with Gasteiger partial charge in [-0.1, -0.05) is 23.7 Å². The molecule has 0 atom stereocenters. The largest absolute Gasteiger partial charge is 0.341 e. The summed E-state index contributed by atoms with van der Waals surface area (Å²) in [6, 6.07) is 13.4. The number of halogens is 1. The van der Waals surface area contributed by atoms with Gasteiger partial charge in [-0.15, -0.1) is 0 Å². The average molecular weight is 450 g/mol. The normalized spacial score (nSPS) is 14.7. The highest BCUT2D eigenvalue weighted by molar-refractivity contribution is 6.33. The van der Waals surface area contributed by atoms with E-state index in [1.165, 1.54) is 0 Å². The summed E-state index contributed by atoms with van der Waals surface area (Å²) in [6.45, 7) is 6.59. The van der Waals surface area contributed by atoms with Crippen molar-refractivity contribution in [3.63, 3.8) is 0 Å². The lowest BCUT2D eigenvalue weighted by Crippen LogP contribution is -2.36. The number of para-hydroxylation sites is 2. The maximum absolute atomic E-state index is 13.3. The zero-order chi connectivity index (χ0) is 22.2. The maximum Gasteiger partial charge on any atom is 0.274 e. The summed E-state index contributed by atoms with van der Waals surface area (Å²) in [5.41, 5.74) is 4.06. The molecule has 1 aromatic carbocycles. The van der Waals surface area contributed by atoms with Gasteiger partial charge in [0.25, 0.3) is 5.91 Å². The number of pyridine rings is 1. The van der Waals surface area contributed by atoms with Crippen LogP contribution in [0.3, 0.4) is 0 Å². The van der Waals surface area contributed by atoms with Crippen molar-refractivity contribution in [3.8, 4) is 5.82 Å². The molecule has 0 aliphatic carbocycles. The molecule has 9 heteroatoms. The second kappa shape index (κ2) is 8.27. The number of H-pyrrole nitrogens is 1. The number of fused-ring (bicyclic) bond motifs is 1. The number of rotatable bonds is 3. The van der Waals surface area contributed by atoms with E-state index in [9.17, 15) is 4.79 Å². The summed E-state index contributed by atoms with van der Waals surface area (Å²) >= 11 is 6.39. The zero-order valence-electron chi connectivity index (χ0n) is 18.0. The first-order valence-corrected chi connectivity index (χ1v) is 11.1. The fourth-order valence-corrected chi connectivity index (χ4v) is 4.32. The first kappa shape index (κ1) is 20.5. The number of carbonyl (C=O) groups excluding carboxylic acids is 1. The van der Waals surface area contributed by atoms with Gasteiger partial charge in [-0.05, 0) is 50.6 Å². The summed E-state index contributed by atoms with van der Waals surface area (Å²) in [5.74, 6) is 1.26. The Labute approximate surface area is 190 Å². The smallest absolute Gasteiger partial charge is 0.274 e. The molecule has 0 unspecified atom stereocenters. The van der Waals surface area contributed by atoms with Gasteiger partial charge in [0.2, 0.25) is 5.95 Å². The highest BCUT2D eigenvalue weighted by atomic mass is 35.5. The van der Waals surface area contributed by atoms with Gasteiger partial charge in [0.1, 0.15) is 5.69 Å². The van der Waals surface area contributed by atoms with Gasteiger partial charge in [-0.3, -0.25) is 4.79 Å². The minimum atomic E-state index is -0.162. The summed E-state index contributed by atoms with van der Waals surface area (Å²) < 4.78 is 1.73. The molecular formula is C23H24ClN7O. The van der Waals surface area contributed by atoms with E-state index in [1.54, 1.807) is 16.8 Å². The molecule has 8 nitrogen and oxygen atoms in total. The van der Waals surface area contributed by atoms with Crippen LogP contribution in [0.1, 0.15) is 28.3 Å². The quantitative estimate of drug-likeness (QED) is 0.514. The zero-order valence-corrected chi connectivity index (χ0v) is 18.8. The van der Waals surface area contributed by atoms with Gasteiger partial charge in [0.05, 0.1) is 21.7 Å². The van der Waals surface area contributed by atoms with Crippen molar-refractivity contribution < 1.29 is 4.79 Å². The third-order valence-electron chi connectivity index (χ3n) is 5.72. The van der Waals surface area contributed by atoms with E-state index >= 15 is 0 Å². The van der Waals surface area contributed by atoms with Crippen LogP contribution in [0.2, 0.25) is 5.02 Å². The van der Waals surface area contributed by atoms with Crippen LogP contribution in [-0.2, 0) is 0 Å². The second-order valence-electron chi connectivity index (χ2n) is 8.05. The Kier molecular flexibility index (Phi) is 5.30. The van der Waals surface area contributed by atoms with Crippen molar-refractivity contribution in [2.75, 3.05) is 31.1 Å². The Morgan fingerprint density at radius 3 is 2.66 bits per heavy atom. The van der Waals surface area contributed by atoms with E-state index in [2.05, 4.69) is 20.0 Å². The van der Waals surface area contributed by atoms with Gasteiger partial charge >= 0.3 is 0 Å². The molecule has 1 N–H and O–H groups in total. The number of nitrogens with zero attached hydrogens (tertiary/aromatic N) is 6. The van der Waals surface area contributed by atoms with Crippen molar-refractivity contribution in [1.82, 2.24) is 29.6 Å². The number of amides is 1. The first-order valence-electron chi connectivity index (χ1n) is 10.7. The third-order valence-corrected chi connectivity index (χ3v) is 6.03. The molecule has 0 radical (unpaired) electrons. The number of aromatic nitrogens is 5. The Balaban J connectivity index is 1.36. The van der Waals surface area contributed by atoms with Crippen LogP contribution in [0, 0.1) is 13.8 Å². The monoisotopic (exact) mass is 449 g/mol. The summed E-state index contributed by atoms with van der Waals surface area (Å²) in [4.78, 5) is 30.0. The lowest BCUT2D eigenvalue weighted by molar-refractivity contribution is 0.0761. The minimum Gasteiger partial charge on any atom is -0.341 e. The molecule has 0 bridgehead atoms. The van der Waals surface area contributed by atoms with Gasteiger partial charge in [0.15, 0.2) is 5.82 Å². The number of nitrogens with one attached hydrogen (secondary N) is 1. The number of aromatic amines is 1. The highest BCUT2D eigenvalue weighted by Crippen LogP contribution is 2.22. The number of carbonyl (C=O) groups is 1. The average Bonchev–Trinajstić information content (AvgIpc) is 3.27. The number of anilines is 1. The van der Waals surface area contributed by atoms with Crippen LogP contribution in [-0.4, -0.2) is 61.7 Å². The fourth-order valence-electron chi connectivity index (χ4n) is 4.13. The van der Waals surface area contributed by atoms with Crippen molar-refractivity contribution in [1.29, 1.82) is 0 Å². The Hall–Kier alpha value is -3.39. The van der Waals surface area contributed by atoms with Crippen molar-refractivity contribution in [2.24, 2.45) is 0 Å². The van der Waals surface area contributed by atoms with Crippen LogP contribution in [0.15, 0.2) is 42.5 Å². The Morgan fingerprint density at radius 1 is 1.03 bits per heavy atom. The molecule has 1 aliphatic heterocycles. The van der Waals surface area contributed by atoms with Crippen LogP contribution >= 0.6 is 11.6 Å². The number of aryl methyl sites for hydroxylation is 2. The predicted octanol–water partition coefficient (Wildman–Crippen LogP) is 3.77. The lowest BCUT2D eigenvalue weighted by atomic mass is 10.3. The van der Waals surface area contributed by atoms with E-state index < -0.39 is 0 Å². The molecule has 1 fully saturated rings. The standard InChI is InChI=1S/C23H24ClN7O/c1-15-14-16(2)31(28-15)20-9-8-17(24)21(27-20)22(32)29-10-5-11-30(13-12-29)23-25-18-6-3-4-7-19(18)26-23/h3-4,6-9,14H,5,10-13H2,1-2H3,(H,25,26). The molecule has 1 aliphatic rings. The number of hydrogen-bond acceptors (Lipinski definition) is 5. The van der Waals surface area contributed by atoms with Gasteiger partial charge in [-0.2, -0.15) is 5.10 Å². The van der Waals surface area contributed by atoms with Crippen LogP contribution in [0.5, 0.6) is 0 Å². The molecule has 3 aromatic heterocycles. The van der Waals surface area contributed by atoms with Crippen molar-refractivity contribution in [3.05, 3.63) is 64.6 Å². The van der Waals surface area contributed by atoms with E-state index in [0.29, 0.717) is 30.5 Å². The molecule has 1 saturated heterocycles. The number of benzene rings is 1. The highest BCUT2D eigenvalue weighted by Gasteiger charge is 2.25. The van der Waals surface area contributed by atoms with Crippen molar-refractivity contribution in [2.45, 2.75) is 20.3 Å². The fraction of sp³-hybridized carbons (Fsp3) is 0.304. The predicted molar refractivity (Wildman–Crippen MR) is 125 cm³/mol. The number of imidazole rings is 1. The molecule has 4 heterocycles. The van der Waals surface area contributed by atoms with Gasteiger partial charge in [-0.25, -0.2) is 14.6 Å². The number of hydrogen-bond donors (Lipinski definition) is 1. The molecule has 1 amide bonds. The Morgan fingerprint density at radius 2 is 1.88 bits per heavy atom. The van der Waals surface area contributed by atoms with Crippen LogP contribution in [0.4, 0.5) is 5.95 Å². The van der Waals surface area contributed by atoms with E-state index in [4.69, 9.17) is 16.6 Å². The molecule has 5 rings (SSSR count). The van der Waals surface area contributed by atoms with E-state index in [0.717, 1.165) is 41.3 Å². The maximum atomic E-state index is 13.3. The lowest BCUT2D eigenvalue weighted by Gasteiger charge is -2.22. The summed E-state index contributed by atoms with van der Waals surface area (Å²) in [5, 5.41) is 4.81. The topological polar surface area (TPSA) is 82.9 Å². The van der Waals surface area contributed by atoms with Gasteiger partial charge in [0, 0.05) is 31.9 Å². The van der Waals surface area contributed by atoms with Gasteiger partial charge < -0.3 is 14.8 Å². The minimum absolute atomic E-state index is 0.162. The van der Waals surface area contributed by atoms with Crippen molar-refractivity contribution >= 4 is 34.5 Å². The van der Waals surface area contributed by atoms with Crippen LogP contribution < -0.4 is 4.90 Å². The molecule has 0 spiro atoms. The van der Waals surface area contributed by atoms with Crippen LogP contribution in [0.25, 0.3) is 16.9 Å². The second-order valence-corrected chi connectivity index (χ2v) is 8.46. The first-order chi connectivity index (χ1) is 15.5. The Bertz CT molecular complexity index is 1260.